The van der Waals surface area contributed by atoms with Crippen LogP contribution in [0.3, 0.4) is 0 Å². The Labute approximate surface area is 149 Å². The average Bonchev–Trinajstić information content (AvgIpc) is 2.88. The van der Waals surface area contributed by atoms with Crippen molar-refractivity contribution in [2.24, 2.45) is 0 Å². The number of oxazole rings is 1. The van der Waals surface area contributed by atoms with Gasteiger partial charge in [0.1, 0.15) is 5.75 Å². The first-order valence-corrected chi connectivity index (χ1v) is 9.57. The maximum absolute atomic E-state index is 12.8. The summed E-state index contributed by atoms with van der Waals surface area (Å²) in [7, 11) is -2.21. The fraction of sp³-hybridized carbons (Fsp3) is 0.235. The van der Waals surface area contributed by atoms with Crippen molar-refractivity contribution < 1.29 is 17.6 Å². The van der Waals surface area contributed by atoms with Gasteiger partial charge in [-0.2, -0.15) is 0 Å². The monoisotopic (exact) mass is 381 g/mol. The summed E-state index contributed by atoms with van der Waals surface area (Å²) in [5.41, 5.74) is 1.26. The van der Waals surface area contributed by atoms with Crippen molar-refractivity contribution in [1.29, 1.82) is 0 Å². The molecule has 0 atom stereocenters. The maximum Gasteiger partial charge on any atom is 0.419 e. The number of nitrogens with zero attached hydrogens (tertiary/aromatic N) is 1. The average molecular weight is 382 g/mol. The van der Waals surface area contributed by atoms with Gasteiger partial charge in [0.2, 0.25) is 0 Å². The highest BCUT2D eigenvalue weighted by molar-refractivity contribution is 7.90. The molecule has 6 nitrogen and oxygen atoms in total. The van der Waals surface area contributed by atoms with E-state index < -0.39 is 15.6 Å². The predicted molar refractivity (Wildman–Crippen MR) is 95.0 cm³/mol. The predicted octanol–water partition coefficient (Wildman–Crippen LogP) is 3.25. The molecule has 0 amide bonds. The molecule has 0 bridgehead atoms. The van der Waals surface area contributed by atoms with Crippen molar-refractivity contribution in [2.75, 3.05) is 7.11 Å². The number of hydrogen-bond acceptors (Lipinski definition) is 5. The Morgan fingerprint density at radius 2 is 1.96 bits per heavy atom. The second-order valence-corrected chi connectivity index (χ2v) is 7.88. The van der Waals surface area contributed by atoms with Crippen LogP contribution in [0, 0.1) is 0 Å². The van der Waals surface area contributed by atoms with E-state index in [4.69, 9.17) is 20.8 Å². The van der Waals surface area contributed by atoms with Gasteiger partial charge in [0, 0.05) is 23.2 Å². The highest BCUT2D eigenvalue weighted by Crippen LogP contribution is 2.28. The number of halogens is 1. The number of benzene rings is 2. The van der Waals surface area contributed by atoms with Crippen molar-refractivity contribution >= 4 is 32.5 Å². The summed E-state index contributed by atoms with van der Waals surface area (Å²) in [5.74, 6) is -0.345. The number of sulfone groups is 1. The molecule has 0 aliphatic carbocycles. The molecule has 25 heavy (non-hydrogen) atoms. The van der Waals surface area contributed by atoms with Gasteiger partial charge in [-0.25, -0.2) is 13.2 Å². The summed E-state index contributed by atoms with van der Waals surface area (Å²) in [6.07, 6.45) is 0. The van der Waals surface area contributed by atoms with Crippen LogP contribution in [0.1, 0.15) is 12.5 Å². The molecule has 0 unspecified atom stereocenters. The third-order valence-electron chi connectivity index (χ3n) is 3.90. The van der Waals surface area contributed by atoms with Gasteiger partial charge in [-0.3, -0.25) is 4.57 Å². The lowest BCUT2D eigenvalue weighted by Gasteiger charge is -2.10. The van der Waals surface area contributed by atoms with E-state index in [1.165, 1.54) is 23.8 Å². The van der Waals surface area contributed by atoms with Crippen LogP contribution in [0.4, 0.5) is 0 Å². The third kappa shape index (κ3) is 3.29. The molecule has 0 spiro atoms. The summed E-state index contributed by atoms with van der Waals surface area (Å²) in [6.45, 7) is 2.25. The van der Waals surface area contributed by atoms with E-state index in [2.05, 4.69) is 0 Å². The Balaban J connectivity index is 2.05. The molecule has 1 aromatic heterocycles. The van der Waals surface area contributed by atoms with Gasteiger partial charge in [0.05, 0.1) is 23.3 Å². The Kier molecular flexibility index (Phi) is 4.62. The molecule has 0 fully saturated rings. The lowest BCUT2D eigenvalue weighted by molar-refractivity contribution is 0.411. The Hall–Kier alpha value is -2.25. The smallest absolute Gasteiger partial charge is 0.419 e. The first kappa shape index (κ1) is 17.6. The largest absolute Gasteiger partial charge is 0.496 e. The second kappa shape index (κ2) is 6.57. The number of hydrogen-bond donors (Lipinski definition) is 0. The second-order valence-electron chi connectivity index (χ2n) is 5.46. The Morgan fingerprint density at radius 1 is 1.20 bits per heavy atom. The molecule has 0 aliphatic rings. The summed E-state index contributed by atoms with van der Waals surface area (Å²) < 4.78 is 37.3. The van der Waals surface area contributed by atoms with Gasteiger partial charge in [-0.05, 0) is 37.3 Å². The number of fused-ring (bicyclic) bond motifs is 1. The first-order valence-electron chi connectivity index (χ1n) is 7.54. The van der Waals surface area contributed by atoms with Crippen LogP contribution in [0.5, 0.6) is 5.75 Å². The van der Waals surface area contributed by atoms with E-state index in [1.807, 2.05) is 6.92 Å². The van der Waals surface area contributed by atoms with Gasteiger partial charge in [-0.1, -0.05) is 11.6 Å². The van der Waals surface area contributed by atoms with Crippen LogP contribution in [0.2, 0.25) is 5.02 Å². The number of rotatable bonds is 5. The van der Waals surface area contributed by atoms with E-state index in [-0.39, 0.29) is 16.2 Å². The van der Waals surface area contributed by atoms with Crippen LogP contribution >= 0.6 is 11.6 Å². The van der Waals surface area contributed by atoms with E-state index >= 15 is 0 Å². The highest BCUT2D eigenvalue weighted by Gasteiger charge is 2.20. The molecule has 3 aromatic rings. The summed E-state index contributed by atoms with van der Waals surface area (Å²) >= 11 is 5.96. The first-order chi connectivity index (χ1) is 11.9. The maximum atomic E-state index is 12.8. The minimum absolute atomic E-state index is 0.0685. The van der Waals surface area contributed by atoms with Crippen molar-refractivity contribution in [2.45, 2.75) is 24.1 Å². The van der Waals surface area contributed by atoms with Crippen molar-refractivity contribution in [1.82, 2.24) is 4.57 Å². The lowest BCUT2D eigenvalue weighted by atomic mass is 10.2. The van der Waals surface area contributed by atoms with Crippen molar-refractivity contribution in [3.05, 3.63) is 57.5 Å². The molecular formula is C17H16ClNO5S. The fourth-order valence-corrected chi connectivity index (χ4v) is 4.25. The number of methoxy groups -OCH3 is 1. The van der Waals surface area contributed by atoms with Crippen LogP contribution in [-0.4, -0.2) is 20.1 Å². The van der Waals surface area contributed by atoms with E-state index in [0.29, 0.717) is 28.4 Å². The van der Waals surface area contributed by atoms with Crippen LogP contribution in [-0.2, 0) is 22.1 Å². The van der Waals surface area contributed by atoms with Gasteiger partial charge >= 0.3 is 5.76 Å². The Bertz CT molecular complexity index is 1100. The number of aryl methyl sites for hydroxylation is 1. The van der Waals surface area contributed by atoms with Crippen LogP contribution in [0.15, 0.2) is 50.5 Å². The van der Waals surface area contributed by atoms with Gasteiger partial charge in [0.15, 0.2) is 15.4 Å². The number of aromatic nitrogens is 1. The molecule has 0 saturated heterocycles. The zero-order valence-electron chi connectivity index (χ0n) is 13.7. The number of ether oxygens (including phenoxy) is 1. The normalized spacial score (nSPS) is 11.8. The standard InChI is InChI=1S/C17H16ClNO5S/c1-3-19-14-6-5-13(9-16(14)24-17(19)20)25(21,22)10-11-8-12(18)4-7-15(11)23-2/h4-9H,3,10H2,1-2H3. The zero-order valence-corrected chi connectivity index (χ0v) is 15.2. The molecular weight excluding hydrogens is 366 g/mol. The Morgan fingerprint density at radius 3 is 2.64 bits per heavy atom. The lowest BCUT2D eigenvalue weighted by Crippen LogP contribution is -2.12. The van der Waals surface area contributed by atoms with Crippen molar-refractivity contribution in [3.63, 3.8) is 0 Å². The van der Waals surface area contributed by atoms with Gasteiger partial charge < -0.3 is 9.15 Å². The third-order valence-corrected chi connectivity index (χ3v) is 5.80. The SMILES string of the molecule is CCn1c(=O)oc2cc(S(=O)(=O)Cc3cc(Cl)ccc3OC)ccc21. The summed E-state index contributed by atoms with van der Waals surface area (Å²) in [6, 6.07) is 9.22. The van der Waals surface area contributed by atoms with Crippen LogP contribution in [0.25, 0.3) is 11.1 Å². The highest BCUT2D eigenvalue weighted by atomic mass is 35.5. The molecule has 0 N–H and O–H groups in total. The molecule has 0 saturated carbocycles. The van der Waals surface area contributed by atoms with Crippen LogP contribution < -0.4 is 10.5 Å². The molecule has 1 heterocycles. The zero-order chi connectivity index (χ0) is 18.2. The van der Waals surface area contributed by atoms with E-state index in [0.717, 1.165) is 0 Å². The molecule has 3 rings (SSSR count). The van der Waals surface area contributed by atoms with Gasteiger partial charge in [0.25, 0.3) is 0 Å². The summed E-state index contributed by atoms with van der Waals surface area (Å²) in [5, 5.41) is 0.424. The van der Waals surface area contributed by atoms with E-state index in [1.54, 1.807) is 24.3 Å². The van der Waals surface area contributed by atoms with Crippen molar-refractivity contribution in [3.8, 4) is 5.75 Å². The van der Waals surface area contributed by atoms with E-state index in [9.17, 15) is 13.2 Å². The topological polar surface area (TPSA) is 78.5 Å². The fourth-order valence-electron chi connectivity index (χ4n) is 2.69. The molecule has 8 heteroatoms. The summed E-state index contributed by atoms with van der Waals surface area (Å²) in [4.78, 5) is 11.8. The molecule has 0 aliphatic heterocycles. The molecule has 132 valence electrons. The minimum atomic E-state index is -3.67. The van der Waals surface area contributed by atoms with Gasteiger partial charge in [-0.15, -0.1) is 0 Å². The molecule has 2 aromatic carbocycles. The quantitative estimate of drug-likeness (QED) is 0.677. The molecule has 0 radical (unpaired) electrons. The minimum Gasteiger partial charge on any atom is -0.496 e.